The molecule has 1 unspecified atom stereocenters. The van der Waals surface area contributed by atoms with Crippen molar-refractivity contribution in [2.45, 2.75) is 13.0 Å². The maximum atomic E-state index is 13.2. The normalized spacial score (nSPS) is 12.7. The van der Waals surface area contributed by atoms with E-state index >= 15 is 0 Å². The van der Waals surface area contributed by atoms with Gasteiger partial charge in [0.15, 0.2) is 0 Å². The van der Waals surface area contributed by atoms with Crippen LogP contribution in [0.5, 0.6) is 0 Å². The molecule has 17 heavy (non-hydrogen) atoms. The van der Waals surface area contributed by atoms with E-state index in [9.17, 15) is 4.39 Å². The van der Waals surface area contributed by atoms with Crippen LogP contribution in [0, 0.1) is 12.7 Å². The molecule has 2 aromatic rings. The Morgan fingerprint density at radius 3 is 2.76 bits per heavy atom. The van der Waals surface area contributed by atoms with Crippen LogP contribution < -0.4 is 11.3 Å². The Morgan fingerprint density at radius 2 is 2.24 bits per heavy atom. The molecule has 0 fully saturated rings. The van der Waals surface area contributed by atoms with E-state index < -0.39 is 0 Å². The summed E-state index contributed by atoms with van der Waals surface area (Å²) >= 11 is 0. The predicted octanol–water partition coefficient (Wildman–Crippen LogP) is 0.815. The third-order valence-corrected chi connectivity index (χ3v) is 2.73. The van der Waals surface area contributed by atoms with Gasteiger partial charge in [0.1, 0.15) is 5.82 Å². The fraction of sp³-hybridized carbons (Fsp3) is 0.273. The van der Waals surface area contributed by atoms with Crippen molar-refractivity contribution < 1.29 is 4.39 Å². The summed E-state index contributed by atoms with van der Waals surface area (Å²) in [6.45, 7) is 1.72. The fourth-order valence-corrected chi connectivity index (χ4v) is 1.76. The number of nitrogens with two attached hydrogens (primary N) is 1. The summed E-state index contributed by atoms with van der Waals surface area (Å²) in [5, 5.41) is 7.65. The second-order valence-corrected chi connectivity index (χ2v) is 3.89. The maximum Gasteiger partial charge on any atom is 0.126 e. The summed E-state index contributed by atoms with van der Waals surface area (Å²) in [6.07, 6.45) is 1.63. The van der Waals surface area contributed by atoms with Crippen LogP contribution in [0.15, 0.2) is 24.4 Å². The van der Waals surface area contributed by atoms with E-state index in [0.29, 0.717) is 5.56 Å². The van der Waals surface area contributed by atoms with Crippen LogP contribution in [0.2, 0.25) is 0 Å². The molecule has 2 rings (SSSR count). The molecule has 5 nitrogen and oxygen atoms in total. The first-order chi connectivity index (χ1) is 8.13. The Bertz CT molecular complexity index is 522. The smallest absolute Gasteiger partial charge is 0.126 e. The number of benzene rings is 1. The van der Waals surface area contributed by atoms with Crippen LogP contribution in [0.4, 0.5) is 4.39 Å². The van der Waals surface area contributed by atoms with Gasteiger partial charge in [-0.15, -0.1) is 5.10 Å². The minimum absolute atomic E-state index is 0.229. The van der Waals surface area contributed by atoms with Crippen molar-refractivity contribution in [3.05, 3.63) is 47.0 Å². The zero-order chi connectivity index (χ0) is 12.4. The molecule has 1 aromatic heterocycles. The monoisotopic (exact) mass is 235 g/mol. The molecule has 0 radical (unpaired) electrons. The summed E-state index contributed by atoms with van der Waals surface area (Å²) < 4.78 is 14.8. The molecule has 0 spiro atoms. The zero-order valence-electron chi connectivity index (χ0n) is 9.68. The highest BCUT2D eigenvalue weighted by molar-refractivity contribution is 5.31. The van der Waals surface area contributed by atoms with Gasteiger partial charge < -0.3 is 0 Å². The van der Waals surface area contributed by atoms with Gasteiger partial charge in [0.25, 0.3) is 0 Å². The van der Waals surface area contributed by atoms with Crippen LogP contribution in [-0.2, 0) is 7.05 Å². The second kappa shape index (κ2) is 4.60. The second-order valence-electron chi connectivity index (χ2n) is 3.89. The van der Waals surface area contributed by atoms with Gasteiger partial charge in [0.2, 0.25) is 0 Å². The standard InChI is InChI=1S/C11H14FN5/c1-7-5-8(3-4-9(7)12)11(15-13)10-6-14-16-17(10)2/h3-6,11,15H,13H2,1-2H3. The molecule has 3 N–H and O–H groups in total. The maximum absolute atomic E-state index is 13.2. The molecular formula is C11H14FN5. The molecule has 0 saturated carbocycles. The minimum atomic E-state index is -0.255. The first kappa shape index (κ1) is 11.7. The van der Waals surface area contributed by atoms with Crippen molar-refractivity contribution in [1.82, 2.24) is 20.4 Å². The van der Waals surface area contributed by atoms with E-state index in [4.69, 9.17) is 5.84 Å². The van der Waals surface area contributed by atoms with Crippen LogP contribution >= 0.6 is 0 Å². The number of hydrogen-bond donors (Lipinski definition) is 2. The number of aryl methyl sites for hydroxylation is 2. The number of nitrogens with one attached hydrogen (secondary N) is 1. The van der Waals surface area contributed by atoms with Crippen molar-refractivity contribution >= 4 is 0 Å². The highest BCUT2D eigenvalue weighted by atomic mass is 19.1. The summed E-state index contributed by atoms with van der Waals surface area (Å²) in [4.78, 5) is 0. The van der Waals surface area contributed by atoms with Gasteiger partial charge in [-0.1, -0.05) is 17.3 Å². The molecule has 0 aliphatic rings. The molecule has 1 heterocycles. The van der Waals surface area contributed by atoms with E-state index in [1.165, 1.54) is 6.07 Å². The van der Waals surface area contributed by atoms with Crippen LogP contribution in [0.3, 0.4) is 0 Å². The Labute approximate surface area is 98.4 Å². The Morgan fingerprint density at radius 1 is 1.47 bits per heavy atom. The number of hydrazine groups is 1. The number of aromatic nitrogens is 3. The lowest BCUT2D eigenvalue weighted by atomic mass is 10.0. The highest BCUT2D eigenvalue weighted by Crippen LogP contribution is 2.21. The van der Waals surface area contributed by atoms with Gasteiger partial charge in [-0.05, 0) is 24.1 Å². The molecule has 1 aromatic carbocycles. The van der Waals surface area contributed by atoms with E-state index in [-0.39, 0.29) is 11.9 Å². The Kier molecular flexibility index (Phi) is 3.16. The van der Waals surface area contributed by atoms with E-state index in [1.807, 2.05) is 0 Å². The number of rotatable bonds is 3. The SMILES string of the molecule is Cc1cc(C(NN)c2cnnn2C)ccc1F. The summed E-state index contributed by atoms with van der Waals surface area (Å²) in [5.41, 5.74) is 4.96. The molecule has 0 bridgehead atoms. The molecule has 0 aliphatic heterocycles. The van der Waals surface area contributed by atoms with E-state index in [1.54, 1.807) is 37.0 Å². The molecule has 0 saturated heterocycles. The lowest BCUT2D eigenvalue weighted by molar-refractivity contribution is 0.566. The third-order valence-electron chi connectivity index (χ3n) is 2.73. The molecular weight excluding hydrogens is 221 g/mol. The molecule has 90 valence electrons. The van der Waals surface area contributed by atoms with Gasteiger partial charge >= 0.3 is 0 Å². The van der Waals surface area contributed by atoms with Crippen molar-refractivity contribution in [2.75, 3.05) is 0 Å². The topological polar surface area (TPSA) is 68.8 Å². The Hall–Kier alpha value is -1.79. The average Bonchev–Trinajstić information content (AvgIpc) is 2.71. The molecule has 0 aliphatic carbocycles. The van der Waals surface area contributed by atoms with Crippen molar-refractivity contribution in [2.24, 2.45) is 12.9 Å². The minimum Gasteiger partial charge on any atom is -0.271 e. The lowest BCUT2D eigenvalue weighted by Gasteiger charge is -2.16. The predicted molar refractivity (Wildman–Crippen MR) is 61.3 cm³/mol. The number of hydrogen-bond acceptors (Lipinski definition) is 4. The van der Waals surface area contributed by atoms with Gasteiger partial charge in [-0.2, -0.15) is 0 Å². The lowest BCUT2D eigenvalue weighted by Crippen LogP contribution is -2.30. The Balaban J connectivity index is 2.42. The van der Waals surface area contributed by atoms with Crippen molar-refractivity contribution in [3.63, 3.8) is 0 Å². The third kappa shape index (κ3) is 2.17. The van der Waals surface area contributed by atoms with Crippen LogP contribution in [0.25, 0.3) is 0 Å². The first-order valence-electron chi connectivity index (χ1n) is 5.20. The van der Waals surface area contributed by atoms with Crippen molar-refractivity contribution in [1.29, 1.82) is 0 Å². The quantitative estimate of drug-likeness (QED) is 0.610. The summed E-state index contributed by atoms with van der Waals surface area (Å²) in [7, 11) is 1.78. The highest BCUT2D eigenvalue weighted by Gasteiger charge is 2.17. The van der Waals surface area contributed by atoms with E-state index in [0.717, 1.165) is 11.3 Å². The number of nitrogens with zero attached hydrogens (tertiary/aromatic N) is 3. The molecule has 0 amide bonds. The van der Waals surface area contributed by atoms with Gasteiger partial charge in [0.05, 0.1) is 17.9 Å². The molecule has 1 atom stereocenters. The summed E-state index contributed by atoms with van der Waals surface area (Å²) in [5.74, 6) is 5.31. The van der Waals surface area contributed by atoms with Crippen LogP contribution in [-0.4, -0.2) is 15.0 Å². The van der Waals surface area contributed by atoms with Gasteiger partial charge in [-0.3, -0.25) is 10.5 Å². The summed E-state index contributed by atoms with van der Waals surface area (Å²) in [6, 6.07) is 4.63. The number of halogens is 1. The van der Waals surface area contributed by atoms with Gasteiger partial charge in [-0.25, -0.2) is 9.82 Å². The fourth-order valence-electron chi connectivity index (χ4n) is 1.76. The largest absolute Gasteiger partial charge is 0.271 e. The van der Waals surface area contributed by atoms with Gasteiger partial charge in [0, 0.05) is 7.05 Å². The van der Waals surface area contributed by atoms with Crippen molar-refractivity contribution in [3.8, 4) is 0 Å². The zero-order valence-corrected chi connectivity index (χ0v) is 9.68. The molecule has 6 heteroatoms. The van der Waals surface area contributed by atoms with Crippen LogP contribution in [0.1, 0.15) is 22.9 Å². The van der Waals surface area contributed by atoms with E-state index in [2.05, 4.69) is 15.7 Å². The first-order valence-corrected chi connectivity index (χ1v) is 5.20. The average molecular weight is 235 g/mol.